The highest BCUT2D eigenvalue weighted by molar-refractivity contribution is 6.30. The lowest BCUT2D eigenvalue weighted by Gasteiger charge is -2.11. The standard InChI is InChI=1S/C17H14ClN3O2/c1-2-22-16-7-12(8-19)3-5-15(16)23-11-14-10-21-9-13(18)4-6-17(21)20-14/h3-7,9-10H,2,11H2,1H3. The van der Waals surface area contributed by atoms with E-state index in [0.29, 0.717) is 35.3 Å². The highest BCUT2D eigenvalue weighted by Gasteiger charge is 2.08. The van der Waals surface area contributed by atoms with E-state index < -0.39 is 0 Å². The van der Waals surface area contributed by atoms with Gasteiger partial charge in [0, 0.05) is 18.5 Å². The van der Waals surface area contributed by atoms with Gasteiger partial charge in [-0.05, 0) is 31.2 Å². The molecule has 0 radical (unpaired) electrons. The summed E-state index contributed by atoms with van der Waals surface area (Å²) < 4.78 is 13.2. The van der Waals surface area contributed by atoms with Crippen molar-refractivity contribution in [3.8, 4) is 17.6 Å². The summed E-state index contributed by atoms with van der Waals surface area (Å²) in [6.07, 6.45) is 3.66. The topological polar surface area (TPSA) is 59.5 Å². The van der Waals surface area contributed by atoms with Crippen LogP contribution in [-0.2, 0) is 6.61 Å². The molecule has 0 N–H and O–H groups in total. The summed E-state index contributed by atoms with van der Waals surface area (Å²) in [7, 11) is 0. The third-order valence-electron chi connectivity index (χ3n) is 3.21. The third kappa shape index (κ3) is 3.38. The van der Waals surface area contributed by atoms with Gasteiger partial charge in [-0.15, -0.1) is 0 Å². The van der Waals surface area contributed by atoms with Crippen LogP contribution in [0.15, 0.2) is 42.7 Å². The van der Waals surface area contributed by atoms with Gasteiger partial charge in [0.2, 0.25) is 0 Å². The molecule has 2 heterocycles. The predicted molar refractivity (Wildman–Crippen MR) is 86.9 cm³/mol. The fourth-order valence-electron chi connectivity index (χ4n) is 2.20. The Bertz CT molecular complexity index is 883. The molecule has 2 aromatic heterocycles. The van der Waals surface area contributed by atoms with Gasteiger partial charge in [-0.1, -0.05) is 11.6 Å². The largest absolute Gasteiger partial charge is 0.490 e. The highest BCUT2D eigenvalue weighted by atomic mass is 35.5. The van der Waals surface area contributed by atoms with Crippen molar-refractivity contribution in [1.82, 2.24) is 9.38 Å². The Kier molecular flexibility index (Phi) is 4.35. The van der Waals surface area contributed by atoms with E-state index in [1.807, 2.05) is 23.6 Å². The first kappa shape index (κ1) is 15.2. The van der Waals surface area contributed by atoms with Crippen molar-refractivity contribution in [3.63, 3.8) is 0 Å². The molecule has 116 valence electrons. The van der Waals surface area contributed by atoms with Crippen molar-refractivity contribution < 1.29 is 9.47 Å². The summed E-state index contributed by atoms with van der Waals surface area (Å²) in [6.45, 7) is 2.68. The van der Waals surface area contributed by atoms with Crippen molar-refractivity contribution in [2.75, 3.05) is 6.61 Å². The lowest BCUT2D eigenvalue weighted by Crippen LogP contribution is -2.00. The van der Waals surface area contributed by atoms with E-state index >= 15 is 0 Å². The number of nitrogens with zero attached hydrogens (tertiary/aromatic N) is 3. The molecule has 0 bridgehead atoms. The summed E-state index contributed by atoms with van der Waals surface area (Å²) >= 11 is 5.96. The van der Waals surface area contributed by atoms with Crippen LogP contribution in [-0.4, -0.2) is 16.0 Å². The number of pyridine rings is 1. The molecule has 23 heavy (non-hydrogen) atoms. The number of fused-ring (bicyclic) bond motifs is 1. The van der Waals surface area contributed by atoms with Crippen LogP contribution in [0.1, 0.15) is 18.2 Å². The Hall–Kier alpha value is -2.71. The molecule has 6 heteroatoms. The monoisotopic (exact) mass is 327 g/mol. The van der Waals surface area contributed by atoms with E-state index in [1.54, 1.807) is 30.5 Å². The SMILES string of the molecule is CCOc1cc(C#N)ccc1OCc1cn2cc(Cl)ccc2n1. The molecule has 0 saturated carbocycles. The number of hydrogen-bond acceptors (Lipinski definition) is 4. The van der Waals surface area contributed by atoms with Crippen LogP contribution in [0.4, 0.5) is 0 Å². The van der Waals surface area contributed by atoms with E-state index in [0.717, 1.165) is 11.3 Å². The molecule has 0 spiro atoms. The molecular formula is C17H14ClN3O2. The van der Waals surface area contributed by atoms with Crippen LogP contribution in [0, 0.1) is 11.3 Å². The van der Waals surface area contributed by atoms with Gasteiger partial charge in [0.25, 0.3) is 0 Å². The first-order valence-electron chi connectivity index (χ1n) is 7.12. The zero-order valence-corrected chi connectivity index (χ0v) is 13.2. The second-order valence-corrected chi connectivity index (χ2v) is 5.28. The molecule has 1 aromatic carbocycles. The summed E-state index contributed by atoms with van der Waals surface area (Å²) in [5.41, 5.74) is 2.11. The molecule has 0 saturated heterocycles. The molecule has 0 aliphatic carbocycles. The van der Waals surface area contributed by atoms with Crippen LogP contribution >= 0.6 is 11.6 Å². The molecule has 0 aliphatic rings. The number of imidazole rings is 1. The fourth-order valence-corrected chi connectivity index (χ4v) is 2.37. The van der Waals surface area contributed by atoms with Crippen LogP contribution in [0.5, 0.6) is 11.5 Å². The Labute approximate surface area is 138 Å². The maximum atomic E-state index is 8.96. The molecule has 0 aliphatic heterocycles. The average molecular weight is 328 g/mol. The normalized spacial score (nSPS) is 10.5. The van der Waals surface area contributed by atoms with Gasteiger partial charge in [-0.3, -0.25) is 0 Å². The Balaban J connectivity index is 1.80. The number of aromatic nitrogens is 2. The van der Waals surface area contributed by atoms with Crippen molar-refractivity contribution in [2.45, 2.75) is 13.5 Å². The minimum atomic E-state index is 0.297. The Morgan fingerprint density at radius 1 is 1.17 bits per heavy atom. The van der Waals surface area contributed by atoms with Crippen molar-refractivity contribution in [1.29, 1.82) is 5.26 Å². The first-order valence-corrected chi connectivity index (χ1v) is 7.50. The van der Waals surface area contributed by atoms with Crippen LogP contribution in [0.2, 0.25) is 5.02 Å². The van der Waals surface area contributed by atoms with Crippen LogP contribution in [0.3, 0.4) is 0 Å². The van der Waals surface area contributed by atoms with Crippen molar-refractivity contribution >= 4 is 17.2 Å². The summed E-state index contributed by atoms with van der Waals surface area (Å²) in [6, 6.07) is 10.8. The smallest absolute Gasteiger partial charge is 0.162 e. The van der Waals surface area contributed by atoms with E-state index in [2.05, 4.69) is 11.1 Å². The lowest BCUT2D eigenvalue weighted by molar-refractivity contribution is 0.267. The molecule has 0 unspecified atom stereocenters. The summed E-state index contributed by atoms with van der Waals surface area (Å²) in [5, 5.41) is 9.61. The molecule has 0 amide bonds. The zero-order valence-electron chi connectivity index (χ0n) is 12.5. The van der Waals surface area contributed by atoms with E-state index in [9.17, 15) is 0 Å². The number of hydrogen-bond donors (Lipinski definition) is 0. The van der Waals surface area contributed by atoms with Crippen LogP contribution in [0.25, 0.3) is 5.65 Å². The number of ether oxygens (including phenoxy) is 2. The van der Waals surface area contributed by atoms with Gasteiger partial charge in [0.15, 0.2) is 11.5 Å². The molecule has 0 atom stereocenters. The quantitative estimate of drug-likeness (QED) is 0.714. The number of rotatable bonds is 5. The Morgan fingerprint density at radius 2 is 2.04 bits per heavy atom. The van der Waals surface area contributed by atoms with E-state index in [4.69, 9.17) is 26.3 Å². The second-order valence-electron chi connectivity index (χ2n) is 4.84. The summed E-state index contributed by atoms with van der Waals surface area (Å²) in [5.74, 6) is 1.14. The number of nitriles is 1. The maximum Gasteiger partial charge on any atom is 0.162 e. The average Bonchev–Trinajstić information content (AvgIpc) is 2.95. The zero-order chi connectivity index (χ0) is 16.2. The molecular weight excluding hydrogens is 314 g/mol. The second kappa shape index (κ2) is 6.59. The molecule has 5 nitrogen and oxygen atoms in total. The van der Waals surface area contributed by atoms with Gasteiger partial charge < -0.3 is 13.9 Å². The summed E-state index contributed by atoms with van der Waals surface area (Å²) in [4.78, 5) is 4.46. The van der Waals surface area contributed by atoms with E-state index in [1.165, 1.54) is 0 Å². The Morgan fingerprint density at radius 3 is 2.83 bits per heavy atom. The first-order chi connectivity index (χ1) is 11.2. The fraction of sp³-hybridized carbons (Fsp3) is 0.176. The van der Waals surface area contributed by atoms with Gasteiger partial charge in [-0.25, -0.2) is 4.98 Å². The molecule has 3 aromatic rings. The van der Waals surface area contributed by atoms with E-state index in [-0.39, 0.29) is 0 Å². The number of benzene rings is 1. The predicted octanol–water partition coefficient (Wildman–Crippen LogP) is 3.84. The minimum absolute atomic E-state index is 0.297. The highest BCUT2D eigenvalue weighted by Crippen LogP contribution is 2.29. The van der Waals surface area contributed by atoms with Crippen molar-refractivity contribution in [3.05, 3.63) is 59.0 Å². The number of halogens is 1. The van der Waals surface area contributed by atoms with Crippen LogP contribution < -0.4 is 9.47 Å². The van der Waals surface area contributed by atoms with Gasteiger partial charge in [0.05, 0.1) is 29.0 Å². The van der Waals surface area contributed by atoms with Gasteiger partial charge >= 0.3 is 0 Å². The van der Waals surface area contributed by atoms with Gasteiger partial charge in [0.1, 0.15) is 12.3 Å². The third-order valence-corrected chi connectivity index (χ3v) is 3.44. The minimum Gasteiger partial charge on any atom is -0.490 e. The lowest BCUT2D eigenvalue weighted by atomic mass is 10.2. The van der Waals surface area contributed by atoms with Crippen molar-refractivity contribution in [2.24, 2.45) is 0 Å². The molecule has 0 fully saturated rings. The molecule has 3 rings (SSSR count). The van der Waals surface area contributed by atoms with Gasteiger partial charge in [-0.2, -0.15) is 5.26 Å². The maximum absolute atomic E-state index is 8.96.